The van der Waals surface area contributed by atoms with Gasteiger partial charge in [0.1, 0.15) is 5.75 Å². The van der Waals surface area contributed by atoms with Gasteiger partial charge < -0.3 is 4.74 Å². The Morgan fingerprint density at radius 1 is 1.37 bits per heavy atom. The van der Waals surface area contributed by atoms with Crippen molar-refractivity contribution < 1.29 is 9.53 Å². The number of halogens is 2. The number of imidazole rings is 1. The Labute approximate surface area is 122 Å². The van der Waals surface area contributed by atoms with Gasteiger partial charge in [-0.3, -0.25) is 9.20 Å². The Morgan fingerprint density at radius 2 is 2.21 bits per heavy atom. The van der Waals surface area contributed by atoms with E-state index in [4.69, 9.17) is 27.9 Å². The van der Waals surface area contributed by atoms with E-state index in [0.717, 1.165) is 0 Å². The van der Waals surface area contributed by atoms with E-state index in [-0.39, 0.29) is 5.88 Å². The molecule has 0 saturated heterocycles. The summed E-state index contributed by atoms with van der Waals surface area (Å²) in [6.45, 7) is 0. The van der Waals surface area contributed by atoms with Gasteiger partial charge in [-0.15, -0.1) is 11.3 Å². The number of thiazole rings is 1. The van der Waals surface area contributed by atoms with Crippen molar-refractivity contribution in [2.24, 2.45) is 0 Å². The standard InChI is InChI=1S/C12H6Cl2N2O2S/c13-7-1-2-8(14)10(5-7)18-11-9(6-17)16-3-4-19-12(16)15-11/h1-6H. The van der Waals surface area contributed by atoms with Crippen molar-refractivity contribution in [1.82, 2.24) is 9.38 Å². The minimum atomic E-state index is 0.214. The van der Waals surface area contributed by atoms with E-state index in [1.54, 1.807) is 28.8 Å². The summed E-state index contributed by atoms with van der Waals surface area (Å²) in [5, 5.41) is 2.73. The molecule has 0 unspecified atom stereocenters. The number of aldehydes is 1. The largest absolute Gasteiger partial charge is 0.435 e. The van der Waals surface area contributed by atoms with Gasteiger partial charge in [-0.2, -0.15) is 4.98 Å². The van der Waals surface area contributed by atoms with E-state index in [9.17, 15) is 4.79 Å². The molecule has 2 heterocycles. The van der Waals surface area contributed by atoms with Crippen LogP contribution in [0, 0.1) is 0 Å². The molecular weight excluding hydrogens is 307 g/mol. The third-order valence-electron chi connectivity index (χ3n) is 2.48. The second kappa shape index (κ2) is 4.85. The SMILES string of the molecule is O=Cc1c(Oc2cc(Cl)ccc2Cl)nc2sccn12. The minimum Gasteiger partial charge on any atom is -0.435 e. The Balaban J connectivity index is 2.07. The summed E-state index contributed by atoms with van der Waals surface area (Å²) in [7, 11) is 0. The number of nitrogens with zero attached hydrogens (tertiary/aromatic N) is 2. The summed E-state index contributed by atoms with van der Waals surface area (Å²) in [5.74, 6) is 0.578. The van der Waals surface area contributed by atoms with Gasteiger partial charge in [-0.05, 0) is 12.1 Å². The lowest BCUT2D eigenvalue weighted by Gasteiger charge is -2.05. The van der Waals surface area contributed by atoms with E-state index in [1.165, 1.54) is 11.3 Å². The van der Waals surface area contributed by atoms with Crippen molar-refractivity contribution >= 4 is 45.8 Å². The Kier molecular flexibility index (Phi) is 3.18. The van der Waals surface area contributed by atoms with E-state index in [2.05, 4.69) is 4.98 Å². The predicted molar refractivity (Wildman–Crippen MR) is 75.0 cm³/mol. The van der Waals surface area contributed by atoms with E-state index < -0.39 is 0 Å². The molecule has 96 valence electrons. The zero-order chi connectivity index (χ0) is 13.4. The fourth-order valence-corrected chi connectivity index (χ4v) is 2.66. The zero-order valence-corrected chi connectivity index (χ0v) is 11.7. The summed E-state index contributed by atoms with van der Waals surface area (Å²) in [6.07, 6.45) is 2.45. The normalized spacial score (nSPS) is 10.8. The van der Waals surface area contributed by atoms with Gasteiger partial charge in [0.2, 0.25) is 5.88 Å². The summed E-state index contributed by atoms with van der Waals surface area (Å²) in [5.41, 5.74) is 0.340. The van der Waals surface area contributed by atoms with Crippen LogP contribution in [0.5, 0.6) is 11.6 Å². The molecule has 0 bridgehead atoms. The van der Waals surface area contributed by atoms with Crippen molar-refractivity contribution in [3.63, 3.8) is 0 Å². The van der Waals surface area contributed by atoms with Crippen LogP contribution in [-0.4, -0.2) is 15.7 Å². The van der Waals surface area contributed by atoms with Crippen LogP contribution < -0.4 is 4.74 Å². The number of hydrogen-bond acceptors (Lipinski definition) is 4. The zero-order valence-electron chi connectivity index (χ0n) is 9.34. The Morgan fingerprint density at radius 3 is 3.00 bits per heavy atom. The maximum Gasteiger partial charge on any atom is 0.250 e. The van der Waals surface area contributed by atoms with Crippen molar-refractivity contribution in [2.75, 3.05) is 0 Å². The molecule has 4 nitrogen and oxygen atoms in total. The van der Waals surface area contributed by atoms with Gasteiger partial charge in [-0.1, -0.05) is 23.2 Å². The molecule has 0 N–H and O–H groups in total. The Hall–Kier alpha value is -1.56. The third-order valence-corrected chi connectivity index (χ3v) is 3.78. The monoisotopic (exact) mass is 312 g/mol. The summed E-state index contributed by atoms with van der Waals surface area (Å²) < 4.78 is 7.24. The fraction of sp³-hybridized carbons (Fsp3) is 0. The lowest BCUT2D eigenvalue weighted by Crippen LogP contribution is -1.92. The molecule has 1 aromatic carbocycles. The Bertz CT molecular complexity index is 766. The maximum absolute atomic E-state index is 11.1. The molecule has 0 spiro atoms. The van der Waals surface area contributed by atoms with Crippen LogP contribution in [0.3, 0.4) is 0 Å². The van der Waals surface area contributed by atoms with Crippen LogP contribution in [0.2, 0.25) is 10.0 Å². The first-order valence-corrected chi connectivity index (χ1v) is 6.86. The maximum atomic E-state index is 11.1. The number of fused-ring (bicyclic) bond motifs is 1. The molecule has 0 aliphatic heterocycles. The van der Waals surface area contributed by atoms with Gasteiger partial charge in [0.15, 0.2) is 16.9 Å². The second-order valence-corrected chi connectivity index (χ2v) is 5.37. The fourth-order valence-electron chi connectivity index (χ4n) is 1.63. The number of rotatable bonds is 3. The molecule has 7 heteroatoms. The highest BCUT2D eigenvalue weighted by atomic mass is 35.5. The smallest absolute Gasteiger partial charge is 0.250 e. The number of carbonyl (C=O) groups is 1. The summed E-state index contributed by atoms with van der Waals surface area (Å²) in [6, 6.07) is 4.85. The first kappa shape index (κ1) is 12.5. The van der Waals surface area contributed by atoms with Crippen molar-refractivity contribution in [3.05, 3.63) is 45.5 Å². The van der Waals surface area contributed by atoms with Gasteiger partial charge >= 0.3 is 0 Å². The lowest BCUT2D eigenvalue weighted by atomic mass is 10.3. The van der Waals surface area contributed by atoms with Crippen LogP contribution >= 0.6 is 34.5 Å². The van der Waals surface area contributed by atoms with Crippen molar-refractivity contribution in [3.8, 4) is 11.6 Å². The van der Waals surface area contributed by atoms with Crippen LogP contribution in [0.15, 0.2) is 29.8 Å². The molecular formula is C12H6Cl2N2O2S. The van der Waals surface area contributed by atoms with Crippen LogP contribution in [0.4, 0.5) is 0 Å². The van der Waals surface area contributed by atoms with Gasteiger partial charge in [0.25, 0.3) is 0 Å². The number of carbonyl (C=O) groups excluding carboxylic acids is 1. The van der Waals surface area contributed by atoms with Gasteiger partial charge in [0.05, 0.1) is 5.02 Å². The number of hydrogen-bond donors (Lipinski definition) is 0. The molecule has 0 saturated carbocycles. The molecule has 0 fully saturated rings. The molecule has 0 amide bonds. The van der Waals surface area contributed by atoms with Gasteiger partial charge in [0, 0.05) is 22.7 Å². The van der Waals surface area contributed by atoms with Crippen LogP contribution in [-0.2, 0) is 0 Å². The van der Waals surface area contributed by atoms with Crippen LogP contribution in [0.1, 0.15) is 10.5 Å². The molecule has 3 rings (SSSR count). The molecule has 0 radical (unpaired) electrons. The highest BCUT2D eigenvalue weighted by molar-refractivity contribution is 7.15. The first-order valence-electron chi connectivity index (χ1n) is 5.22. The van der Waals surface area contributed by atoms with Crippen molar-refractivity contribution in [1.29, 1.82) is 0 Å². The van der Waals surface area contributed by atoms with E-state index in [0.29, 0.717) is 32.7 Å². The van der Waals surface area contributed by atoms with Crippen LogP contribution in [0.25, 0.3) is 4.96 Å². The average Bonchev–Trinajstić information content (AvgIpc) is 2.94. The highest BCUT2D eigenvalue weighted by Crippen LogP contribution is 2.33. The minimum absolute atomic E-state index is 0.214. The molecule has 2 aromatic heterocycles. The summed E-state index contributed by atoms with van der Waals surface area (Å²) >= 11 is 13.3. The second-order valence-electron chi connectivity index (χ2n) is 3.65. The van der Waals surface area contributed by atoms with E-state index in [1.807, 2.05) is 5.38 Å². The lowest BCUT2D eigenvalue weighted by molar-refractivity contribution is 0.111. The quantitative estimate of drug-likeness (QED) is 0.677. The molecule has 0 atom stereocenters. The molecule has 0 aliphatic rings. The predicted octanol–water partition coefficient (Wildman–Crippen LogP) is 4.31. The van der Waals surface area contributed by atoms with Crippen molar-refractivity contribution in [2.45, 2.75) is 0 Å². The number of ether oxygens (including phenoxy) is 1. The third kappa shape index (κ3) is 2.20. The molecule has 3 aromatic rings. The average molecular weight is 313 g/mol. The number of benzene rings is 1. The summed E-state index contributed by atoms with van der Waals surface area (Å²) in [4.78, 5) is 16.1. The van der Waals surface area contributed by atoms with E-state index >= 15 is 0 Å². The first-order chi connectivity index (χ1) is 9.19. The molecule has 19 heavy (non-hydrogen) atoms. The molecule has 0 aliphatic carbocycles. The highest BCUT2D eigenvalue weighted by Gasteiger charge is 2.15. The number of aromatic nitrogens is 2. The van der Waals surface area contributed by atoms with Gasteiger partial charge in [-0.25, -0.2) is 0 Å². The topological polar surface area (TPSA) is 43.6 Å².